The number of hydrogen-bond donors (Lipinski definition) is 1. The van der Waals surface area contributed by atoms with Gasteiger partial charge in [0.15, 0.2) is 5.69 Å². The summed E-state index contributed by atoms with van der Waals surface area (Å²) >= 11 is 6.19. The number of nitrogens with two attached hydrogens (primary N) is 1. The topological polar surface area (TPSA) is 108 Å². The first-order valence-electron chi connectivity index (χ1n) is 9.45. The number of rotatable bonds is 7. The van der Waals surface area contributed by atoms with E-state index in [2.05, 4.69) is 5.10 Å². The molecule has 0 radical (unpaired) electrons. The van der Waals surface area contributed by atoms with Crippen LogP contribution in [-0.4, -0.2) is 51.7 Å². The third kappa shape index (κ3) is 4.95. The molecule has 0 aliphatic carbocycles. The van der Waals surface area contributed by atoms with Gasteiger partial charge in [0.05, 0.1) is 17.1 Å². The summed E-state index contributed by atoms with van der Waals surface area (Å²) < 4.78 is 7.23. The fourth-order valence-corrected chi connectivity index (χ4v) is 3.64. The molecule has 2 aromatic rings. The van der Waals surface area contributed by atoms with Gasteiger partial charge in [-0.25, -0.2) is 4.79 Å². The first-order chi connectivity index (χ1) is 13.9. The van der Waals surface area contributed by atoms with Crippen LogP contribution in [-0.2, 0) is 16.1 Å². The lowest BCUT2D eigenvalue weighted by Gasteiger charge is -2.17. The van der Waals surface area contributed by atoms with Gasteiger partial charge in [0, 0.05) is 31.6 Å². The molecule has 3 rings (SSSR count). The van der Waals surface area contributed by atoms with Crippen molar-refractivity contribution in [3.63, 3.8) is 0 Å². The van der Waals surface area contributed by atoms with Gasteiger partial charge < -0.3 is 15.4 Å². The van der Waals surface area contributed by atoms with Gasteiger partial charge in [0.1, 0.15) is 6.10 Å². The highest BCUT2D eigenvalue weighted by Gasteiger charge is 2.40. The maximum absolute atomic E-state index is 12.9. The number of nitrogens with zero attached hydrogens (tertiary/aromatic N) is 3. The molecule has 0 spiro atoms. The minimum absolute atomic E-state index is 0.00846. The van der Waals surface area contributed by atoms with Gasteiger partial charge in [0.2, 0.25) is 5.91 Å². The summed E-state index contributed by atoms with van der Waals surface area (Å²) in [4.78, 5) is 38.3. The molecule has 2 amide bonds. The quantitative estimate of drug-likeness (QED) is 0.693. The van der Waals surface area contributed by atoms with E-state index in [-0.39, 0.29) is 42.1 Å². The SMILES string of the molecule is CCCn1cc(Cl)c(C(=O)N2C[C@H](CC(N)=O)[C@H](OC(=O)c3ccccc3)C2)n1. The fourth-order valence-electron chi connectivity index (χ4n) is 3.41. The van der Waals surface area contributed by atoms with Crippen LogP contribution in [0.15, 0.2) is 36.5 Å². The molecule has 0 saturated carbocycles. The molecule has 1 aromatic carbocycles. The Kier molecular flexibility index (Phi) is 6.53. The number of esters is 1. The number of likely N-dealkylation sites (tertiary alicyclic amines) is 1. The van der Waals surface area contributed by atoms with Gasteiger partial charge in [-0.2, -0.15) is 5.10 Å². The van der Waals surface area contributed by atoms with Crippen molar-refractivity contribution in [2.75, 3.05) is 13.1 Å². The molecule has 154 valence electrons. The molecule has 2 heterocycles. The maximum Gasteiger partial charge on any atom is 0.338 e. The Morgan fingerprint density at radius 2 is 1.97 bits per heavy atom. The Balaban J connectivity index is 1.75. The van der Waals surface area contributed by atoms with Crippen molar-refractivity contribution in [1.82, 2.24) is 14.7 Å². The van der Waals surface area contributed by atoms with Gasteiger partial charge >= 0.3 is 5.97 Å². The van der Waals surface area contributed by atoms with Crippen molar-refractivity contribution in [2.45, 2.75) is 32.4 Å². The van der Waals surface area contributed by atoms with Crippen LogP contribution in [0.5, 0.6) is 0 Å². The van der Waals surface area contributed by atoms with Gasteiger partial charge in [-0.05, 0) is 18.6 Å². The molecule has 2 N–H and O–H groups in total. The van der Waals surface area contributed by atoms with E-state index in [9.17, 15) is 14.4 Å². The number of hydrogen-bond acceptors (Lipinski definition) is 5. The molecule has 0 unspecified atom stereocenters. The minimum atomic E-state index is -0.643. The number of carbonyl (C=O) groups is 3. The van der Waals surface area contributed by atoms with E-state index in [4.69, 9.17) is 22.1 Å². The first kappa shape index (κ1) is 20.9. The van der Waals surface area contributed by atoms with Crippen molar-refractivity contribution in [3.8, 4) is 0 Å². The highest BCUT2D eigenvalue weighted by Crippen LogP contribution is 2.27. The van der Waals surface area contributed by atoms with Crippen LogP contribution in [0, 0.1) is 5.92 Å². The summed E-state index contributed by atoms with van der Waals surface area (Å²) in [6, 6.07) is 8.55. The second-order valence-electron chi connectivity index (χ2n) is 7.04. The molecule has 1 aliphatic rings. The summed E-state index contributed by atoms with van der Waals surface area (Å²) in [5.74, 6) is -1.78. The Morgan fingerprint density at radius 1 is 1.24 bits per heavy atom. The molecular formula is C20H23ClN4O4. The van der Waals surface area contributed by atoms with Crippen LogP contribution in [0.4, 0.5) is 0 Å². The number of halogens is 1. The Morgan fingerprint density at radius 3 is 2.62 bits per heavy atom. The minimum Gasteiger partial charge on any atom is -0.457 e. The Bertz CT molecular complexity index is 899. The predicted octanol–water partition coefficient (Wildman–Crippen LogP) is 2.12. The molecule has 0 bridgehead atoms. The van der Waals surface area contributed by atoms with Crippen LogP contribution in [0.3, 0.4) is 0 Å². The molecule has 29 heavy (non-hydrogen) atoms. The van der Waals surface area contributed by atoms with E-state index in [0.29, 0.717) is 12.1 Å². The lowest BCUT2D eigenvalue weighted by molar-refractivity contribution is -0.119. The zero-order chi connectivity index (χ0) is 21.0. The molecule has 1 aromatic heterocycles. The number of primary amides is 1. The molecule has 1 aliphatic heterocycles. The maximum atomic E-state index is 12.9. The molecular weight excluding hydrogens is 396 g/mol. The standard InChI is InChI=1S/C20H23ClN4O4/c1-2-8-25-11-15(21)18(23-25)19(27)24-10-14(9-17(22)26)16(12-24)29-20(28)13-6-4-3-5-7-13/h3-7,11,14,16H,2,8-10,12H2,1H3,(H2,22,26)/t14-,16+/m0/s1. The van der Waals surface area contributed by atoms with Crippen molar-refractivity contribution >= 4 is 29.4 Å². The van der Waals surface area contributed by atoms with Crippen LogP contribution in [0.2, 0.25) is 5.02 Å². The molecule has 2 atom stereocenters. The summed E-state index contributed by atoms with van der Waals surface area (Å²) in [6.07, 6.45) is 1.83. The Labute approximate surface area is 173 Å². The summed E-state index contributed by atoms with van der Waals surface area (Å²) in [7, 11) is 0. The van der Waals surface area contributed by atoms with E-state index in [1.165, 1.54) is 4.90 Å². The van der Waals surface area contributed by atoms with Crippen LogP contribution >= 0.6 is 11.6 Å². The third-order valence-electron chi connectivity index (χ3n) is 4.77. The number of benzene rings is 1. The zero-order valence-corrected chi connectivity index (χ0v) is 16.8. The van der Waals surface area contributed by atoms with Crippen molar-refractivity contribution in [2.24, 2.45) is 11.7 Å². The lowest BCUT2D eigenvalue weighted by atomic mass is 10.0. The smallest absolute Gasteiger partial charge is 0.338 e. The highest BCUT2D eigenvalue weighted by atomic mass is 35.5. The van der Waals surface area contributed by atoms with Gasteiger partial charge in [-0.3, -0.25) is 14.3 Å². The molecule has 8 nitrogen and oxygen atoms in total. The van der Waals surface area contributed by atoms with Gasteiger partial charge in [-0.1, -0.05) is 36.7 Å². The monoisotopic (exact) mass is 418 g/mol. The average molecular weight is 419 g/mol. The lowest BCUT2D eigenvalue weighted by Crippen LogP contribution is -2.31. The van der Waals surface area contributed by atoms with Crippen LogP contribution < -0.4 is 5.73 Å². The number of carbonyl (C=O) groups excluding carboxylic acids is 3. The normalized spacial score (nSPS) is 18.6. The van der Waals surface area contributed by atoms with Gasteiger partial charge in [-0.15, -0.1) is 0 Å². The fraction of sp³-hybridized carbons (Fsp3) is 0.400. The summed E-state index contributed by atoms with van der Waals surface area (Å²) in [5.41, 5.74) is 5.90. The third-order valence-corrected chi connectivity index (χ3v) is 5.05. The summed E-state index contributed by atoms with van der Waals surface area (Å²) in [5, 5.41) is 4.52. The van der Waals surface area contributed by atoms with Crippen LogP contribution in [0.1, 0.15) is 40.6 Å². The largest absolute Gasteiger partial charge is 0.457 e. The highest BCUT2D eigenvalue weighted by molar-refractivity contribution is 6.33. The van der Waals surface area contributed by atoms with Gasteiger partial charge in [0.25, 0.3) is 5.91 Å². The second-order valence-corrected chi connectivity index (χ2v) is 7.45. The van der Waals surface area contributed by atoms with Crippen molar-refractivity contribution < 1.29 is 19.1 Å². The average Bonchev–Trinajstić information content (AvgIpc) is 3.25. The molecule has 1 fully saturated rings. The van der Waals surface area contributed by atoms with Crippen LogP contribution in [0.25, 0.3) is 0 Å². The second kappa shape index (κ2) is 9.09. The van der Waals surface area contributed by atoms with Crippen molar-refractivity contribution in [1.29, 1.82) is 0 Å². The molecule has 9 heteroatoms. The van der Waals surface area contributed by atoms with Crippen molar-refractivity contribution in [3.05, 3.63) is 52.8 Å². The van der Waals surface area contributed by atoms with E-state index in [0.717, 1.165) is 6.42 Å². The number of aromatic nitrogens is 2. The van der Waals surface area contributed by atoms with E-state index < -0.39 is 18.0 Å². The predicted molar refractivity (Wildman–Crippen MR) is 106 cm³/mol. The zero-order valence-electron chi connectivity index (χ0n) is 16.1. The first-order valence-corrected chi connectivity index (χ1v) is 9.83. The number of aryl methyl sites for hydroxylation is 1. The molecule has 1 saturated heterocycles. The van der Waals surface area contributed by atoms with E-state index >= 15 is 0 Å². The number of amides is 2. The Hall–Kier alpha value is -2.87. The van der Waals surface area contributed by atoms with E-state index in [1.54, 1.807) is 41.2 Å². The van der Waals surface area contributed by atoms with E-state index in [1.807, 2.05) is 6.92 Å². The number of ether oxygens (including phenoxy) is 1. The summed E-state index contributed by atoms with van der Waals surface area (Å²) in [6.45, 7) is 3.02.